The second-order valence-electron chi connectivity index (χ2n) is 6.80. The van der Waals surface area contributed by atoms with E-state index >= 15 is 0 Å². The van der Waals surface area contributed by atoms with E-state index in [2.05, 4.69) is 15.5 Å². The number of nitrogens with one attached hydrogen (secondary N) is 1. The normalized spacial score (nSPS) is 13.8. The van der Waals surface area contributed by atoms with Gasteiger partial charge < -0.3 is 14.7 Å². The van der Waals surface area contributed by atoms with Crippen LogP contribution in [-0.2, 0) is 11.3 Å². The van der Waals surface area contributed by atoms with Crippen LogP contribution in [0.2, 0.25) is 0 Å². The Morgan fingerprint density at radius 3 is 2.71 bits per heavy atom. The van der Waals surface area contributed by atoms with E-state index in [4.69, 9.17) is 4.52 Å². The molecule has 3 aromatic rings. The summed E-state index contributed by atoms with van der Waals surface area (Å²) in [5.74, 6) is 0.967. The molecule has 1 saturated heterocycles. The van der Waals surface area contributed by atoms with Gasteiger partial charge in [-0.1, -0.05) is 17.3 Å². The summed E-state index contributed by atoms with van der Waals surface area (Å²) in [6.45, 7) is 3.12. The van der Waals surface area contributed by atoms with Crippen LogP contribution in [0.1, 0.15) is 34.6 Å². The van der Waals surface area contributed by atoms with E-state index in [9.17, 15) is 9.59 Å². The molecule has 1 fully saturated rings. The molecular formula is C21H20N4O3. The van der Waals surface area contributed by atoms with Crippen molar-refractivity contribution < 1.29 is 14.1 Å². The van der Waals surface area contributed by atoms with Crippen molar-refractivity contribution in [3.63, 3.8) is 0 Å². The van der Waals surface area contributed by atoms with Crippen LogP contribution in [-0.4, -0.2) is 33.4 Å². The van der Waals surface area contributed by atoms with Crippen molar-refractivity contribution in [2.75, 3.05) is 11.9 Å². The molecule has 28 heavy (non-hydrogen) atoms. The molecule has 1 aromatic heterocycles. The zero-order valence-electron chi connectivity index (χ0n) is 15.5. The Labute approximate surface area is 162 Å². The molecule has 7 heteroatoms. The molecule has 0 atom stereocenters. The lowest BCUT2D eigenvalue weighted by Crippen LogP contribution is -2.23. The fourth-order valence-corrected chi connectivity index (χ4v) is 3.22. The van der Waals surface area contributed by atoms with Gasteiger partial charge in [-0.15, -0.1) is 0 Å². The van der Waals surface area contributed by atoms with E-state index < -0.39 is 0 Å². The van der Waals surface area contributed by atoms with Gasteiger partial charge in [0.2, 0.25) is 5.91 Å². The monoisotopic (exact) mass is 376 g/mol. The Morgan fingerprint density at radius 2 is 2.04 bits per heavy atom. The zero-order chi connectivity index (χ0) is 19.5. The Morgan fingerprint density at radius 1 is 1.21 bits per heavy atom. The molecule has 2 heterocycles. The van der Waals surface area contributed by atoms with Crippen molar-refractivity contribution in [1.29, 1.82) is 0 Å². The van der Waals surface area contributed by atoms with Gasteiger partial charge in [-0.3, -0.25) is 9.59 Å². The van der Waals surface area contributed by atoms with E-state index in [0.717, 1.165) is 24.1 Å². The number of carbonyl (C=O) groups is 2. The molecule has 1 aliphatic heterocycles. The van der Waals surface area contributed by atoms with Crippen LogP contribution in [0.15, 0.2) is 53.1 Å². The third kappa shape index (κ3) is 3.93. The van der Waals surface area contributed by atoms with Gasteiger partial charge in [0.1, 0.15) is 0 Å². The molecule has 1 N–H and O–H groups in total. The minimum atomic E-state index is -0.206. The highest BCUT2D eigenvalue weighted by Crippen LogP contribution is 2.20. The van der Waals surface area contributed by atoms with Crippen LogP contribution in [0.25, 0.3) is 11.5 Å². The van der Waals surface area contributed by atoms with Gasteiger partial charge in [0, 0.05) is 36.3 Å². The van der Waals surface area contributed by atoms with E-state index in [1.807, 2.05) is 29.2 Å². The number of aromatic nitrogens is 2. The number of amides is 2. The SMILES string of the molecule is Cc1noc(-c2ccc(C(=O)Nc3cccc(CN4CCCC4=O)c3)cc2)n1. The average Bonchev–Trinajstić information content (AvgIpc) is 3.31. The topological polar surface area (TPSA) is 88.3 Å². The molecule has 1 aliphatic rings. The maximum Gasteiger partial charge on any atom is 0.257 e. The van der Waals surface area contributed by atoms with Gasteiger partial charge in [0.15, 0.2) is 5.82 Å². The van der Waals surface area contributed by atoms with Crippen molar-refractivity contribution in [3.05, 3.63) is 65.5 Å². The number of anilines is 1. The lowest BCUT2D eigenvalue weighted by Gasteiger charge is -2.16. The molecule has 0 aliphatic carbocycles. The molecule has 0 unspecified atom stereocenters. The zero-order valence-corrected chi connectivity index (χ0v) is 15.5. The summed E-state index contributed by atoms with van der Waals surface area (Å²) < 4.78 is 5.13. The first-order valence-electron chi connectivity index (χ1n) is 9.17. The van der Waals surface area contributed by atoms with E-state index in [1.165, 1.54) is 0 Å². The summed E-state index contributed by atoms with van der Waals surface area (Å²) in [7, 11) is 0. The quantitative estimate of drug-likeness (QED) is 0.737. The van der Waals surface area contributed by atoms with Crippen molar-refractivity contribution in [1.82, 2.24) is 15.0 Å². The molecule has 4 rings (SSSR count). The molecule has 2 amide bonds. The van der Waals surface area contributed by atoms with Crippen LogP contribution in [0.5, 0.6) is 0 Å². The maximum atomic E-state index is 12.5. The van der Waals surface area contributed by atoms with Crippen LogP contribution in [0, 0.1) is 6.92 Å². The number of likely N-dealkylation sites (tertiary alicyclic amines) is 1. The Kier molecular flexibility index (Phi) is 4.89. The predicted octanol–water partition coefficient (Wildman–Crippen LogP) is 3.42. The molecule has 0 saturated carbocycles. The Hall–Kier alpha value is -3.48. The van der Waals surface area contributed by atoms with E-state index in [0.29, 0.717) is 35.9 Å². The number of carbonyl (C=O) groups excluding carboxylic acids is 2. The number of aryl methyl sites for hydroxylation is 1. The van der Waals surface area contributed by atoms with Crippen molar-refractivity contribution >= 4 is 17.5 Å². The fraction of sp³-hybridized carbons (Fsp3) is 0.238. The first-order valence-corrected chi connectivity index (χ1v) is 9.17. The van der Waals surface area contributed by atoms with Crippen LogP contribution in [0.4, 0.5) is 5.69 Å². The molecule has 0 bridgehead atoms. The molecular weight excluding hydrogens is 356 g/mol. The maximum absolute atomic E-state index is 12.5. The summed E-state index contributed by atoms with van der Waals surface area (Å²) in [6, 6.07) is 14.6. The third-order valence-corrected chi connectivity index (χ3v) is 4.65. The van der Waals surface area contributed by atoms with Gasteiger partial charge in [0.05, 0.1) is 0 Å². The Bertz CT molecular complexity index is 1010. The average molecular weight is 376 g/mol. The van der Waals surface area contributed by atoms with Gasteiger partial charge in [0.25, 0.3) is 11.8 Å². The minimum Gasteiger partial charge on any atom is -0.338 e. The number of benzene rings is 2. The summed E-state index contributed by atoms with van der Waals surface area (Å²) in [4.78, 5) is 30.4. The molecule has 7 nitrogen and oxygen atoms in total. The second kappa shape index (κ2) is 7.64. The molecule has 0 radical (unpaired) electrons. The molecule has 2 aromatic carbocycles. The van der Waals surface area contributed by atoms with E-state index in [-0.39, 0.29) is 11.8 Å². The van der Waals surface area contributed by atoms with Crippen LogP contribution < -0.4 is 5.32 Å². The summed E-state index contributed by atoms with van der Waals surface area (Å²) in [6.07, 6.45) is 1.53. The largest absolute Gasteiger partial charge is 0.338 e. The highest BCUT2D eigenvalue weighted by molar-refractivity contribution is 6.04. The van der Waals surface area contributed by atoms with Crippen molar-refractivity contribution in [2.24, 2.45) is 0 Å². The number of hydrogen-bond donors (Lipinski definition) is 1. The summed E-state index contributed by atoms with van der Waals surface area (Å²) in [5.41, 5.74) is 2.98. The van der Waals surface area contributed by atoms with Gasteiger partial charge in [-0.05, 0) is 55.3 Å². The summed E-state index contributed by atoms with van der Waals surface area (Å²) >= 11 is 0. The van der Waals surface area contributed by atoms with Gasteiger partial charge in [-0.2, -0.15) is 4.98 Å². The van der Waals surface area contributed by atoms with Crippen molar-refractivity contribution in [3.8, 4) is 11.5 Å². The third-order valence-electron chi connectivity index (χ3n) is 4.65. The fourth-order valence-electron chi connectivity index (χ4n) is 3.22. The molecule has 0 spiro atoms. The lowest BCUT2D eigenvalue weighted by molar-refractivity contribution is -0.128. The second-order valence-corrected chi connectivity index (χ2v) is 6.80. The Balaban J connectivity index is 1.43. The van der Waals surface area contributed by atoms with Crippen molar-refractivity contribution in [2.45, 2.75) is 26.3 Å². The van der Waals surface area contributed by atoms with Gasteiger partial charge >= 0.3 is 0 Å². The predicted molar refractivity (Wildman–Crippen MR) is 104 cm³/mol. The highest BCUT2D eigenvalue weighted by Gasteiger charge is 2.20. The molecule has 142 valence electrons. The standard InChI is InChI=1S/C21H20N4O3/c1-14-22-21(28-24-14)17-9-7-16(8-10-17)20(27)23-18-5-2-4-15(12-18)13-25-11-3-6-19(25)26/h2,4-5,7-10,12H,3,6,11,13H2,1H3,(H,23,27). The highest BCUT2D eigenvalue weighted by atomic mass is 16.5. The van der Waals surface area contributed by atoms with E-state index in [1.54, 1.807) is 31.2 Å². The van der Waals surface area contributed by atoms with Gasteiger partial charge in [-0.25, -0.2) is 0 Å². The first kappa shape index (κ1) is 17.9. The lowest BCUT2D eigenvalue weighted by atomic mass is 10.1. The van der Waals surface area contributed by atoms with Crippen LogP contribution >= 0.6 is 0 Å². The van der Waals surface area contributed by atoms with Crippen LogP contribution in [0.3, 0.4) is 0 Å². The minimum absolute atomic E-state index is 0.186. The summed E-state index contributed by atoms with van der Waals surface area (Å²) in [5, 5.41) is 6.67. The number of rotatable bonds is 5. The number of hydrogen-bond acceptors (Lipinski definition) is 5. The first-order chi connectivity index (χ1) is 13.6. The smallest absolute Gasteiger partial charge is 0.257 e. The number of nitrogens with zero attached hydrogens (tertiary/aromatic N) is 3.